The van der Waals surface area contributed by atoms with E-state index in [2.05, 4.69) is 0 Å². The predicted molar refractivity (Wildman–Crippen MR) is 59.4 cm³/mol. The molecule has 1 rings (SSSR count). The Morgan fingerprint density at radius 2 is 2.27 bits per heavy atom. The van der Waals surface area contributed by atoms with E-state index in [4.69, 9.17) is 10.5 Å². The second kappa shape index (κ2) is 6.08. The van der Waals surface area contributed by atoms with Crippen LogP contribution in [0.1, 0.15) is 26.2 Å². The van der Waals surface area contributed by atoms with Gasteiger partial charge in [0.15, 0.2) is 0 Å². The molecule has 1 saturated carbocycles. The SMILES string of the molecule is CCOCCN(C)C(=O)C1CCCC1N. The van der Waals surface area contributed by atoms with Gasteiger partial charge in [-0.05, 0) is 19.8 Å². The summed E-state index contributed by atoms with van der Waals surface area (Å²) in [6.07, 6.45) is 3.01. The molecule has 0 aliphatic heterocycles. The van der Waals surface area contributed by atoms with E-state index in [0.29, 0.717) is 19.8 Å². The summed E-state index contributed by atoms with van der Waals surface area (Å²) in [5, 5.41) is 0. The molecule has 1 fully saturated rings. The van der Waals surface area contributed by atoms with Crippen molar-refractivity contribution in [3.63, 3.8) is 0 Å². The summed E-state index contributed by atoms with van der Waals surface area (Å²) >= 11 is 0. The zero-order valence-corrected chi connectivity index (χ0v) is 9.74. The van der Waals surface area contributed by atoms with E-state index in [1.807, 2.05) is 14.0 Å². The average Bonchev–Trinajstić information content (AvgIpc) is 2.63. The van der Waals surface area contributed by atoms with E-state index in [1.165, 1.54) is 0 Å². The first-order valence-electron chi connectivity index (χ1n) is 5.75. The molecule has 1 aliphatic carbocycles. The molecule has 88 valence electrons. The normalized spacial score (nSPS) is 25.5. The standard InChI is InChI=1S/C11H22N2O2/c1-3-15-8-7-13(2)11(14)9-5-4-6-10(9)12/h9-10H,3-8,12H2,1-2H3. The smallest absolute Gasteiger partial charge is 0.227 e. The lowest BCUT2D eigenvalue weighted by molar-refractivity contribution is -0.135. The topological polar surface area (TPSA) is 55.6 Å². The first-order chi connectivity index (χ1) is 7.16. The van der Waals surface area contributed by atoms with E-state index >= 15 is 0 Å². The van der Waals surface area contributed by atoms with Gasteiger partial charge in [-0.2, -0.15) is 0 Å². The largest absolute Gasteiger partial charge is 0.380 e. The van der Waals surface area contributed by atoms with Gasteiger partial charge in [0.25, 0.3) is 0 Å². The zero-order chi connectivity index (χ0) is 11.3. The minimum atomic E-state index is 0.0385. The fourth-order valence-electron chi connectivity index (χ4n) is 2.03. The molecule has 0 saturated heterocycles. The molecule has 2 N–H and O–H groups in total. The van der Waals surface area contributed by atoms with Crippen LogP contribution in [0.25, 0.3) is 0 Å². The van der Waals surface area contributed by atoms with Crippen LogP contribution in [0, 0.1) is 5.92 Å². The summed E-state index contributed by atoms with van der Waals surface area (Å²) in [4.78, 5) is 13.7. The molecule has 0 aromatic heterocycles. The Bertz CT molecular complexity index is 209. The summed E-state index contributed by atoms with van der Waals surface area (Å²) in [6.45, 7) is 3.93. The van der Waals surface area contributed by atoms with Gasteiger partial charge in [0.1, 0.15) is 0 Å². The van der Waals surface area contributed by atoms with Crippen LogP contribution in [-0.4, -0.2) is 43.7 Å². The predicted octanol–water partition coefficient (Wildman–Crippen LogP) is 0.609. The van der Waals surface area contributed by atoms with Crippen LogP contribution < -0.4 is 5.73 Å². The van der Waals surface area contributed by atoms with Crippen molar-refractivity contribution in [3.05, 3.63) is 0 Å². The van der Waals surface area contributed by atoms with Crippen LogP contribution in [0.5, 0.6) is 0 Å². The van der Waals surface area contributed by atoms with Crippen molar-refractivity contribution < 1.29 is 9.53 Å². The molecule has 15 heavy (non-hydrogen) atoms. The number of rotatable bonds is 5. The summed E-state index contributed by atoms with van der Waals surface area (Å²) in [5.74, 6) is 0.219. The van der Waals surface area contributed by atoms with Crippen molar-refractivity contribution in [2.45, 2.75) is 32.2 Å². The van der Waals surface area contributed by atoms with Gasteiger partial charge in [-0.15, -0.1) is 0 Å². The van der Waals surface area contributed by atoms with Gasteiger partial charge in [0.2, 0.25) is 5.91 Å². The number of amides is 1. The van der Waals surface area contributed by atoms with Crippen molar-refractivity contribution in [2.24, 2.45) is 11.7 Å². The van der Waals surface area contributed by atoms with Crippen molar-refractivity contribution in [1.82, 2.24) is 4.90 Å². The second-order valence-corrected chi connectivity index (χ2v) is 4.16. The monoisotopic (exact) mass is 214 g/mol. The minimum Gasteiger partial charge on any atom is -0.380 e. The van der Waals surface area contributed by atoms with Gasteiger partial charge < -0.3 is 15.4 Å². The number of hydrogen-bond donors (Lipinski definition) is 1. The quantitative estimate of drug-likeness (QED) is 0.682. The summed E-state index contributed by atoms with van der Waals surface area (Å²) < 4.78 is 5.22. The lowest BCUT2D eigenvalue weighted by atomic mass is 10.0. The van der Waals surface area contributed by atoms with Gasteiger partial charge in [-0.3, -0.25) is 4.79 Å². The third kappa shape index (κ3) is 3.47. The molecular weight excluding hydrogens is 192 g/mol. The highest BCUT2D eigenvalue weighted by molar-refractivity contribution is 5.79. The van der Waals surface area contributed by atoms with Crippen molar-refractivity contribution in [2.75, 3.05) is 26.8 Å². The first kappa shape index (κ1) is 12.5. The second-order valence-electron chi connectivity index (χ2n) is 4.16. The van der Waals surface area contributed by atoms with E-state index in [-0.39, 0.29) is 17.9 Å². The maximum Gasteiger partial charge on any atom is 0.227 e. The fraction of sp³-hybridized carbons (Fsp3) is 0.909. The highest BCUT2D eigenvalue weighted by atomic mass is 16.5. The van der Waals surface area contributed by atoms with Crippen LogP contribution in [0.2, 0.25) is 0 Å². The Labute approximate surface area is 91.8 Å². The van der Waals surface area contributed by atoms with E-state index in [0.717, 1.165) is 19.3 Å². The summed E-state index contributed by atoms with van der Waals surface area (Å²) in [7, 11) is 1.83. The van der Waals surface area contributed by atoms with Crippen molar-refractivity contribution in [1.29, 1.82) is 0 Å². The molecular formula is C11H22N2O2. The maximum atomic E-state index is 11.9. The Hall–Kier alpha value is -0.610. The lowest BCUT2D eigenvalue weighted by Gasteiger charge is -2.23. The molecule has 4 nitrogen and oxygen atoms in total. The van der Waals surface area contributed by atoms with Gasteiger partial charge in [0.05, 0.1) is 12.5 Å². The number of hydrogen-bond acceptors (Lipinski definition) is 3. The third-order valence-electron chi connectivity index (χ3n) is 3.04. The molecule has 0 bridgehead atoms. The van der Waals surface area contributed by atoms with Gasteiger partial charge in [0, 0.05) is 26.2 Å². The first-order valence-corrected chi connectivity index (χ1v) is 5.75. The number of carbonyl (C=O) groups excluding carboxylic acids is 1. The highest BCUT2D eigenvalue weighted by Crippen LogP contribution is 2.25. The molecule has 2 unspecified atom stereocenters. The number of ether oxygens (including phenoxy) is 1. The number of nitrogens with zero attached hydrogens (tertiary/aromatic N) is 1. The molecule has 1 amide bonds. The fourth-order valence-corrected chi connectivity index (χ4v) is 2.03. The average molecular weight is 214 g/mol. The van der Waals surface area contributed by atoms with Crippen LogP contribution in [0.15, 0.2) is 0 Å². The summed E-state index contributed by atoms with van der Waals surface area (Å²) in [6, 6.07) is 0.0621. The maximum absolute atomic E-state index is 11.9. The Balaban J connectivity index is 2.31. The Morgan fingerprint density at radius 3 is 2.80 bits per heavy atom. The molecule has 4 heteroatoms. The van der Waals surface area contributed by atoms with Crippen LogP contribution in [0.4, 0.5) is 0 Å². The van der Waals surface area contributed by atoms with Crippen LogP contribution in [0.3, 0.4) is 0 Å². The summed E-state index contributed by atoms with van der Waals surface area (Å²) in [5.41, 5.74) is 5.89. The molecule has 2 atom stereocenters. The molecule has 0 spiro atoms. The van der Waals surface area contributed by atoms with Gasteiger partial charge in [-0.25, -0.2) is 0 Å². The van der Waals surface area contributed by atoms with Crippen molar-refractivity contribution in [3.8, 4) is 0 Å². The van der Waals surface area contributed by atoms with E-state index in [9.17, 15) is 4.79 Å². The van der Waals surface area contributed by atoms with Crippen LogP contribution >= 0.6 is 0 Å². The number of likely N-dealkylation sites (N-methyl/N-ethyl adjacent to an activating group) is 1. The number of nitrogens with two attached hydrogens (primary N) is 1. The molecule has 1 aliphatic rings. The molecule has 0 radical (unpaired) electrons. The minimum absolute atomic E-state index is 0.0385. The third-order valence-corrected chi connectivity index (χ3v) is 3.04. The number of carbonyl (C=O) groups is 1. The molecule has 0 aromatic carbocycles. The van der Waals surface area contributed by atoms with Crippen molar-refractivity contribution >= 4 is 5.91 Å². The van der Waals surface area contributed by atoms with Crippen LogP contribution in [-0.2, 0) is 9.53 Å². The van der Waals surface area contributed by atoms with E-state index < -0.39 is 0 Å². The Morgan fingerprint density at radius 1 is 1.53 bits per heavy atom. The molecule has 0 aromatic rings. The van der Waals surface area contributed by atoms with E-state index in [1.54, 1.807) is 4.90 Å². The highest BCUT2D eigenvalue weighted by Gasteiger charge is 2.31. The Kier molecular flexibility index (Phi) is 5.05. The lowest BCUT2D eigenvalue weighted by Crippen LogP contribution is -2.41. The molecule has 0 heterocycles. The zero-order valence-electron chi connectivity index (χ0n) is 9.74. The van der Waals surface area contributed by atoms with Gasteiger partial charge in [-0.1, -0.05) is 6.42 Å². The van der Waals surface area contributed by atoms with Gasteiger partial charge >= 0.3 is 0 Å².